The highest BCUT2D eigenvalue weighted by atomic mass is 16.2. The molecule has 186 valence electrons. The van der Waals surface area contributed by atoms with Gasteiger partial charge in [-0.1, -0.05) is 24.3 Å². The van der Waals surface area contributed by atoms with E-state index in [1.807, 2.05) is 28.2 Å². The Balaban J connectivity index is 1.19. The summed E-state index contributed by atoms with van der Waals surface area (Å²) in [5.74, 6) is 1.47. The number of aryl methyl sites for hydroxylation is 2. The summed E-state index contributed by atoms with van der Waals surface area (Å²) in [5.41, 5.74) is 7.71. The van der Waals surface area contributed by atoms with Gasteiger partial charge in [0.1, 0.15) is 0 Å². The highest BCUT2D eigenvalue weighted by Crippen LogP contribution is 2.43. The van der Waals surface area contributed by atoms with Crippen LogP contribution in [0.15, 0.2) is 61.2 Å². The topological polar surface area (TPSA) is 76.8 Å². The number of carbonyl (C=O) groups is 1. The second-order valence-corrected chi connectivity index (χ2v) is 10.5. The molecular formula is C30H30N6O. The summed E-state index contributed by atoms with van der Waals surface area (Å²) in [6.45, 7) is 1.51. The van der Waals surface area contributed by atoms with E-state index in [1.165, 1.54) is 22.3 Å². The van der Waals surface area contributed by atoms with Crippen LogP contribution in [0.1, 0.15) is 76.7 Å². The largest absolute Gasteiger partial charge is 0.338 e. The van der Waals surface area contributed by atoms with Gasteiger partial charge in [-0.25, -0.2) is 14.6 Å². The summed E-state index contributed by atoms with van der Waals surface area (Å²) >= 11 is 0. The molecule has 1 amide bonds. The van der Waals surface area contributed by atoms with Gasteiger partial charge in [0.2, 0.25) is 0 Å². The monoisotopic (exact) mass is 490 g/mol. The molecule has 37 heavy (non-hydrogen) atoms. The minimum absolute atomic E-state index is 0.0847. The smallest absolute Gasteiger partial charge is 0.257 e. The third-order valence-corrected chi connectivity index (χ3v) is 8.17. The number of benzene rings is 1. The number of nitrogens with zero attached hydrogens (tertiary/aromatic N) is 6. The minimum Gasteiger partial charge on any atom is -0.338 e. The second kappa shape index (κ2) is 9.21. The first-order chi connectivity index (χ1) is 18.3. The number of pyridine rings is 1. The summed E-state index contributed by atoms with van der Waals surface area (Å²) in [6.07, 6.45) is 14.6. The van der Waals surface area contributed by atoms with Gasteiger partial charge in [-0.2, -0.15) is 5.10 Å². The molecule has 3 aromatic heterocycles. The van der Waals surface area contributed by atoms with Gasteiger partial charge >= 0.3 is 0 Å². The van der Waals surface area contributed by atoms with Crippen molar-refractivity contribution in [2.24, 2.45) is 0 Å². The molecule has 1 aromatic carbocycles. The van der Waals surface area contributed by atoms with Crippen molar-refractivity contribution in [3.63, 3.8) is 0 Å². The van der Waals surface area contributed by atoms with Crippen LogP contribution in [0, 0.1) is 0 Å². The van der Waals surface area contributed by atoms with Crippen LogP contribution in [0.2, 0.25) is 0 Å². The lowest BCUT2D eigenvalue weighted by Gasteiger charge is -2.32. The summed E-state index contributed by atoms with van der Waals surface area (Å²) in [4.78, 5) is 29.6. The third-order valence-electron chi connectivity index (χ3n) is 8.17. The molecule has 1 saturated carbocycles. The van der Waals surface area contributed by atoms with Gasteiger partial charge in [0, 0.05) is 43.2 Å². The number of aromatic nitrogens is 5. The fraction of sp³-hybridized carbons (Fsp3) is 0.367. The van der Waals surface area contributed by atoms with Crippen molar-refractivity contribution in [3.8, 4) is 17.2 Å². The molecule has 2 aliphatic carbocycles. The van der Waals surface area contributed by atoms with Gasteiger partial charge in [-0.3, -0.25) is 9.78 Å². The van der Waals surface area contributed by atoms with Gasteiger partial charge in [-0.15, -0.1) is 0 Å². The Kier molecular flexibility index (Phi) is 5.56. The number of rotatable bonds is 4. The average molecular weight is 491 g/mol. The van der Waals surface area contributed by atoms with E-state index in [9.17, 15) is 4.79 Å². The fourth-order valence-corrected chi connectivity index (χ4v) is 6.01. The zero-order chi connectivity index (χ0) is 24.8. The fourth-order valence-electron chi connectivity index (χ4n) is 6.01. The van der Waals surface area contributed by atoms with E-state index in [0.29, 0.717) is 23.3 Å². The lowest BCUT2D eigenvalue weighted by Crippen LogP contribution is -2.38. The van der Waals surface area contributed by atoms with E-state index in [-0.39, 0.29) is 5.91 Å². The summed E-state index contributed by atoms with van der Waals surface area (Å²) in [5, 5.41) is 4.69. The molecule has 0 atom stereocenters. The Hall–Kier alpha value is -3.87. The van der Waals surface area contributed by atoms with Gasteiger partial charge in [0.15, 0.2) is 0 Å². The van der Waals surface area contributed by atoms with Crippen molar-refractivity contribution in [2.45, 2.75) is 56.8 Å². The molecule has 0 unspecified atom stereocenters. The van der Waals surface area contributed by atoms with Crippen molar-refractivity contribution >= 4 is 5.91 Å². The third kappa shape index (κ3) is 4.12. The van der Waals surface area contributed by atoms with Crippen LogP contribution in [0.3, 0.4) is 0 Å². The van der Waals surface area contributed by atoms with Crippen LogP contribution in [-0.4, -0.2) is 48.6 Å². The van der Waals surface area contributed by atoms with Gasteiger partial charge in [-0.05, 0) is 79.7 Å². The minimum atomic E-state index is 0.0847. The number of piperidine rings is 1. The molecule has 1 saturated heterocycles. The Morgan fingerprint density at radius 2 is 1.65 bits per heavy atom. The molecule has 4 aromatic rings. The quantitative estimate of drug-likeness (QED) is 0.397. The molecule has 7 nitrogen and oxygen atoms in total. The number of hydrogen-bond acceptors (Lipinski definition) is 5. The van der Waals surface area contributed by atoms with E-state index in [2.05, 4.69) is 41.4 Å². The molecule has 0 spiro atoms. The highest BCUT2D eigenvalue weighted by molar-refractivity contribution is 5.95. The first-order valence-electron chi connectivity index (χ1n) is 13.5. The van der Waals surface area contributed by atoms with E-state index < -0.39 is 0 Å². The van der Waals surface area contributed by atoms with Gasteiger partial charge < -0.3 is 4.90 Å². The molecule has 0 radical (unpaired) electrons. The molecular weight excluding hydrogens is 460 g/mol. The van der Waals surface area contributed by atoms with Crippen molar-refractivity contribution in [1.29, 1.82) is 0 Å². The molecule has 1 aliphatic heterocycles. The van der Waals surface area contributed by atoms with E-state index >= 15 is 0 Å². The molecule has 0 N–H and O–H groups in total. The molecule has 2 fully saturated rings. The number of likely N-dealkylation sites (tertiary alicyclic amines) is 1. The predicted molar refractivity (Wildman–Crippen MR) is 141 cm³/mol. The Morgan fingerprint density at radius 1 is 0.865 bits per heavy atom. The number of amides is 1. The molecule has 0 bridgehead atoms. The Morgan fingerprint density at radius 3 is 2.46 bits per heavy atom. The maximum Gasteiger partial charge on any atom is 0.257 e. The van der Waals surface area contributed by atoms with Crippen molar-refractivity contribution in [2.75, 3.05) is 13.1 Å². The van der Waals surface area contributed by atoms with E-state index in [0.717, 1.165) is 69.4 Å². The Bertz CT molecular complexity index is 1450. The molecule has 3 aliphatic rings. The van der Waals surface area contributed by atoms with Crippen LogP contribution >= 0.6 is 0 Å². The lowest BCUT2D eigenvalue weighted by atomic mass is 9.90. The number of carbonyl (C=O) groups excluding carboxylic acids is 1. The molecule has 4 heterocycles. The maximum atomic E-state index is 13.7. The molecule has 7 heteroatoms. The van der Waals surface area contributed by atoms with Crippen LogP contribution in [0.25, 0.3) is 17.2 Å². The van der Waals surface area contributed by atoms with Crippen molar-refractivity contribution < 1.29 is 4.79 Å². The van der Waals surface area contributed by atoms with E-state index in [1.54, 1.807) is 6.20 Å². The van der Waals surface area contributed by atoms with Crippen LogP contribution in [0.5, 0.6) is 0 Å². The SMILES string of the molecule is O=C(c1cnn(-c2ncc3c(n2)-c2ccccc2CCC3)c1C1CC1)N1CCC(c2ccncc2)CC1. The van der Waals surface area contributed by atoms with Gasteiger partial charge in [0.05, 0.1) is 23.1 Å². The van der Waals surface area contributed by atoms with Crippen LogP contribution in [0.4, 0.5) is 0 Å². The summed E-state index contributed by atoms with van der Waals surface area (Å²) in [7, 11) is 0. The van der Waals surface area contributed by atoms with Crippen molar-refractivity contribution in [3.05, 3.63) is 89.1 Å². The predicted octanol–water partition coefficient (Wildman–Crippen LogP) is 5.11. The molecule has 7 rings (SSSR count). The zero-order valence-electron chi connectivity index (χ0n) is 20.9. The van der Waals surface area contributed by atoms with Crippen LogP contribution in [-0.2, 0) is 12.8 Å². The average Bonchev–Trinajstić information content (AvgIpc) is 3.74. The zero-order valence-corrected chi connectivity index (χ0v) is 20.9. The Labute approximate surface area is 216 Å². The maximum absolute atomic E-state index is 13.7. The standard InChI is InChI=1S/C30H30N6O/c37-29(35-16-12-21(13-17-35)20-10-14-31-15-11-20)26-19-33-36(28(26)23-8-9-23)30-32-18-24-6-3-5-22-4-1-2-7-25(22)27(24)34-30/h1-2,4,7,10-11,14-15,18-19,21,23H,3,5-6,8-9,12-13,16-17H2. The lowest BCUT2D eigenvalue weighted by molar-refractivity contribution is 0.0711. The number of hydrogen-bond donors (Lipinski definition) is 0. The first kappa shape index (κ1) is 22.3. The highest BCUT2D eigenvalue weighted by Gasteiger charge is 2.36. The van der Waals surface area contributed by atoms with Crippen molar-refractivity contribution in [1.82, 2.24) is 29.6 Å². The van der Waals surface area contributed by atoms with Gasteiger partial charge in [0.25, 0.3) is 11.9 Å². The number of fused-ring (bicyclic) bond motifs is 3. The first-order valence-corrected chi connectivity index (χ1v) is 13.5. The normalized spacial score (nSPS) is 17.7. The summed E-state index contributed by atoms with van der Waals surface area (Å²) < 4.78 is 1.84. The van der Waals surface area contributed by atoms with E-state index in [4.69, 9.17) is 15.1 Å². The van der Waals surface area contributed by atoms with Crippen LogP contribution < -0.4 is 0 Å². The summed E-state index contributed by atoms with van der Waals surface area (Å²) in [6, 6.07) is 12.7. The second-order valence-electron chi connectivity index (χ2n) is 10.5.